The Morgan fingerprint density at radius 2 is 1.56 bits per heavy atom. The Morgan fingerprint density at radius 1 is 1.00 bits per heavy atom. The third-order valence-electron chi connectivity index (χ3n) is 3.10. The van der Waals surface area contributed by atoms with Gasteiger partial charge in [0.2, 0.25) is 6.29 Å². The van der Waals surface area contributed by atoms with Crippen LogP contribution in [0.4, 0.5) is 0 Å². The van der Waals surface area contributed by atoms with Crippen molar-refractivity contribution in [3.05, 3.63) is 23.8 Å². The molecule has 0 N–H and O–H groups in total. The first kappa shape index (κ1) is 15.1. The molecule has 0 aliphatic carbocycles. The highest BCUT2D eigenvalue weighted by atomic mass is 16.7. The van der Waals surface area contributed by atoms with Gasteiger partial charge in [0.15, 0.2) is 0 Å². The zero-order valence-corrected chi connectivity index (χ0v) is 12.2. The minimum Gasteiger partial charge on any atom is -0.350 e. The highest BCUT2D eigenvalue weighted by molar-refractivity contribution is 5.08. The van der Waals surface area contributed by atoms with Gasteiger partial charge in [-0.25, -0.2) is 9.97 Å². The summed E-state index contributed by atoms with van der Waals surface area (Å²) in [5.74, 6) is 2.23. The fourth-order valence-electron chi connectivity index (χ4n) is 2.38. The maximum absolute atomic E-state index is 5.23. The van der Waals surface area contributed by atoms with Crippen LogP contribution < -0.4 is 0 Å². The van der Waals surface area contributed by atoms with Gasteiger partial charge >= 0.3 is 0 Å². The molecule has 0 bridgehead atoms. The molecule has 1 rings (SSSR count). The molecule has 0 aromatic carbocycles. The van der Waals surface area contributed by atoms with Crippen molar-refractivity contribution < 1.29 is 9.47 Å². The van der Waals surface area contributed by atoms with Crippen LogP contribution in [0.3, 0.4) is 0 Å². The minimum atomic E-state index is -0.424. The van der Waals surface area contributed by atoms with Crippen molar-refractivity contribution in [2.45, 2.75) is 39.9 Å². The SMILES string of the molecule is COC(OC)c1ccnc(C(C(C)C)C(C)C)n1. The lowest BCUT2D eigenvalue weighted by molar-refractivity contribution is -0.108. The first-order chi connectivity index (χ1) is 8.51. The van der Waals surface area contributed by atoms with E-state index < -0.39 is 6.29 Å². The molecule has 102 valence electrons. The van der Waals surface area contributed by atoms with Crippen molar-refractivity contribution in [2.24, 2.45) is 11.8 Å². The summed E-state index contributed by atoms with van der Waals surface area (Å²) in [4.78, 5) is 9.01. The van der Waals surface area contributed by atoms with Gasteiger partial charge in [0, 0.05) is 26.3 Å². The number of ether oxygens (including phenoxy) is 2. The van der Waals surface area contributed by atoms with Gasteiger partial charge in [-0.05, 0) is 17.9 Å². The van der Waals surface area contributed by atoms with E-state index in [1.807, 2.05) is 6.07 Å². The van der Waals surface area contributed by atoms with E-state index in [-0.39, 0.29) is 0 Å². The highest BCUT2D eigenvalue weighted by Gasteiger charge is 2.23. The molecule has 4 nitrogen and oxygen atoms in total. The molecule has 0 saturated heterocycles. The normalized spacial score (nSPS) is 12.1. The molecular formula is C14H24N2O2. The summed E-state index contributed by atoms with van der Waals surface area (Å²) in [5, 5.41) is 0. The molecule has 0 aliphatic rings. The number of aromatic nitrogens is 2. The molecule has 0 amide bonds. The van der Waals surface area contributed by atoms with E-state index in [1.165, 1.54) is 0 Å². The first-order valence-electron chi connectivity index (χ1n) is 6.39. The lowest BCUT2D eigenvalue weighted by Gasteiger charge is -2.24. The van der Waals surface area contributed by atoms with Crippen molar-refractivity contribution in [3.63, 3.8) is 0 Å². The average Bonchev–Trinajstić information content (AvgIpc) is 2.30. The Bertz CT molecular complexity index is 355. The number of methoxy groups -OCH3 is 2. The molecule has 1 heterocycles. The molecule has 0 radical (unpaired) electrons. The maximum atomic E-state index is 5.23. The van der Waals surface area contributed by atoms with Gasteiger partial charge in [-0.15, -0.1) is 0 Å². The molecule has 0 fully saturated rings. The summed E-state index contributed by atoms with van der Waals surface area (Å²) < 4.78 is 10.5. The molecule has 0 atom stereocenters. The summed E-state index contributed by atoms with van der Waals surface area (Å²) in [7, 11) is 3.22. The Morgan fingerprint density at radius 3 is 2.00 bits per heavy atom. The van der Waals surface area contributed by atoms with Crippen molar-refractivity contribution in [1.29, 1.82) is 0 Å². The van der Waals surface area contributed by atoms with Gasteiger partial charge in [-0.2, -0.15) is 0 Å². The van der Waals surface area contributed by atoms with Crippen molar-refractivity contribution in [3.8, 4) is 0 Å². The molecule has 4 heteroatoms. The van der Waals surface area contributed by atoms with E-state index in [0.29, 0.717) is 17.8 Å². The molecule has 0 aliphatic heterocycles. The molecular weight excluding hydrogens is 228 g/mol. The highest BCUT2D eigenvalue weighted by Crippen LogP contribution is 2.30. The van der Waals surface area contributed by atoms with Crippen LogP contribution in [0.1, 0.15) is 51.4 Å². The quantitative estimate of drug-likeness (QED) is 0.729. The molecule has 0 unspecified atom stereocenters. The first-order valence-corrected chi connectivity index (χ1v) is 6.39. The summed E-state index contributed by atoms with van der Waals surface area (Å²) in [6.45, 7) is 8.80. The zero-order valence-electron chi connectivity index (χ0n) is 12.2. The van der Waals surface area contributed by atoms with E-state index in [1.54, 1.807) is 20.4 Å². The van der Waals surface area contributed by atoms with Crippen LogP contribution >= 0.6 is 0 Å². The van der Waals surface area contributed by atoms with Crippen LogP contribution in [0.5, 0.6) is 0 Å². The van der Waals surface area contributed by atoms with Gasteiger partial charge in [-0.1, -0.05) is 27.7 Å². The smallest absolute Gasteiger partial charge is 0.200 e. The molecule has 1 aromatic rings. The summed E-state index contributed by atoms with van der Waals surface area (Å²) in [6.07, 6.45) is 1.35. The predicted molar refractivity (Wildman–Crippen MR) is 71.2 cm³/mol. The third kappa shape index (κ3) is 3.50. The Balaban J connectivity index is 3.06. The van der Waals surface area contributed by atoms with E-state index >= 15 is 0 Å². The van der Waals surface area contributed by atoms with E-state index in [4.69, 9.17) is 9.47 Å². The average molecular weight is 252 g/mol. The lowest BCUT2D eigenvalue weighted by Crippen LogP contribution is -2.18. The van der Waals surface area contributed by atoms with Crippen LogP contribution in [0, 0.1) is 11.8 Å². The third-order valence-corrected chi connectivity index (χ3v) is 3.10. The fraction of sp³-hybridized carbons (Fsp3) is 0.714. The Kier molecular flexibility index (Phi) is 5.69. The monoisotopic (exact) mass is 252 g/mol. The van der Waals surface area contributed by atoms with Crippen molar-refractivity contribution in [2.75, 3.05) is 14.2 Å². The molecule has 0 saturated carbocycles. The lowest BCUT2D eigenvalue weighted by atomic mass is 9.85. The fourth-order valence-corrected chi connectivity index (χ4v) is 2.38. The summed E-state index contributed by atoms with van der Waals surface area (Å²) >= 11 is 0. The molecule has 0 spiro atoms. The largest absolute Gasteiger partial charge is 0.350 e. The summed E-state index contributed by atoms with van der Waals surface area (Å²) in [6, 6.07) is 1.83. The molecule has 1 aromatic heterocycles. The van der Waals surface area contributed by atoms with Crippen LogP contribution in [0.15, 0.2) is 12.3 Å². The number of hydrogen-bond acceptors (Lipinski definition) is 4. The van der Waals surface area contributed by atoms with E-state index in [0.717, 1.165) is 11.5 Å². The van der Waals surface area contributed by atoms with Gasteiger partial charge in [0.05, 0.1) is 5.69 Å². The Hall–Kier alpha value is -1.00. The van der Waals surface area contributed by atoms with Gasteiger partial charge < -0.3 is 9.47 Å². The van der Waals surface area contributed by atoms with Gasteiger partial charge in [0.25, 0.3) is 0 Å². The summed E-state index contributed by atoms with van der Waals surface area (Å²) in [5.41, 5.74) is 0.774. The number of hydrogen-bond donors (Lipinski definition) is 0. The van der Waals surface area contributed by atoms with Gasteiger partial charge in [0.1, 0.15) is 5.82 Å². The van der Waals surface area contributed by atoms with Crippen molar-refractivity contribution in [1.82, 2.24) is 9.97 Å². The molecule has 18 heavy (non-hydrogen) atoms. The van der Waals surface area contributed by atoms with Crippen LogP contribution in [0.2, 0.25) is 0 Å². The maximum Gasteiger partial charge on any atom is 0.200 e. The second-order valence-electron chi connectivity index (χ2n) is 5.16. The van der Waals surface area contributed by atoms with Gasteiger partial charge in [-0.3, -0.25) is 0 Å². The van der Waals surface area contributed by atoms with Crippen LogP contribution in [-0.2, 0) is 9.47 Å². The van der Waals surface area contributed by atoms with Crippen LogP contribution in [-0.4, -0.2) is 24.2 Å². The predicted octanol–water partition coefficient (Wildman–Crippen LogP) is 3.16. The van der Waals surface area contributed by atoms with Crippen molar-refractivity contribution >= 4 is 0 Å². The minimum absolute atomic E-state index is 0.347. The topological polar surface area (TPSA) is 44.2 Å². The number of rotatable bonds is 6. The standard InChI is InChI=1S/C14H24N2O2/c1-9(2)12(10(3)4)13-15-8-7-11(16-13)14(17-5)18-6/h7-10,12,14H,1-6H3. The zero-order chi connectivity index (χ0) is 13.7. The second-order valence-corrected chi connectivity index (χ2v) is 5.16. The number of nitrogens with zero attached hydrogens (tertiary/aromatic N) is 2. The Labute approximate surface area is 110 Å². The van der Waals surface area contributed by atoms with E-state index in [2.05, 4.69) is 37.7 Å². The van der Waals surface area contributed by atoms with Crippen LogP contribution in [0.25, 0.3) is 0 Å². The second kappa shape index (κ2) is 6.81. The van der Waals surface area contributed by atoms with E-state index in [9.17, 15) is 0 Å².